The van der Waals surface area contributed by atoms with Crippen LogP contribution in [0.25, 0.3) is 0 Å². The number of halogens is 1. The Labute approximate surface area is 203 Å². The molecule has 33 heavy (non-hydrogen) atoms. The Balaban J connectivity index is 1.89. The van der Waals surface area contributed by atoms with Gasteiger partial charge in [0.05, 0.1) is 42.3 Å². The molecule has 0 saturated heterocycles. The van der Waals surface area contributed by atoms with E-state index in [-0.39, 0.29) is 22.3 Å². The van der Waals surface area contributed by atoms with E-state index in [0.29, 0.717) is 17.0 Å². The molecule has 0 spiro atoms. The van der Waals surface area contributed by atoms with Gasteiger partial charge in [0.2, 0.25) is 11.8 Å². The molecule has 1 aliphatic rings. The van der Waals surface area contributed by atoms with Gasteiger partial charge in [0.25, 0.3) is 0 Å². The van der Waals surface area contributed by atoms with Crippen LogP contribution in [0.3, 0.4) is 0 Å². The van der Waals surface area contributed by atoms with Crippen molar-refractivity contribution in [2.45, 2.75) is 5.92 Å². The smallest absolute Gasteiger partial charge is 0.319 e. The molecule has 1 heterocycles. The first kappa shape index (κ1) is 24.4. The Morgan fingerprint density at radius 1 is 1.21 bits per heavy atom. The highest BCUT2D eigenvalue weighted by molar-refractivity contribution is 9.10. The summed E-state index contributed by atoms with van der Waals surface area (Å²) in [5.41, 5.74) is 1.28. The maximum absolute atomic E-state index is 12.9. The van der Waals surface area contributed by atoms with Crippen LogP contribution >= 0.6 is 27.7 Å². The van der Waals surface area contributed by atoms with Crippen LogP contribution in [0.5, 0.6) is 5.75 Å². The first-order valence-corrected chi connectivity index (χ1v) is 11.5. The van der Waals surface area contributed by atoms with Gasteiger partial charge in [0.1, 0.15) is 11.7 Å². The number of para-hydroxylation sites is 2. The molecular formula is C23H20BrN3O5S. The number of thioether (sulfide) groups is 1. The van der Waals surface area contributed by atoms with Gasteiger partial charge < -0.3 is 20.1 Å². The van der Waals surface area contributed by atoms with Crippen molar-refractivity contribution in [1.29, 1.82) is 5.26 Å². The normalized spacial score (nSPS) is 17.6. The number of nitrogens with one attached hydrogen (secondary N) is 2. The monoisotopic (exact) mass is 529 g/mol. The van der Waals surface area contributed by atoms with Crippen LogP contribution in [-0.4, -0.2) is 37.8 Å². The van der Waals surface area contributed by atoms with Gasteiger partial charge >= 0.3 is 5.97 Å². The van der Waals surface area contributed by atoms with Crippen molar-refractivity contribution in [2.24, 2.45) is 5.92 Å². The molecule has 8 nitrogen and oxygen atoms in total. The zero-order valence-corrected chi connectivity index (χ0v) is 20.2. The van der Waals surface area contributed by atoms with E-state index in [1.807, 2.05) is 0 Å². The summed E-state index contributed by atoms with van der Waals surface area (Å²) in [6, 6.07) is 16.1. The van der Waals surface area contributed by atoms with Crippen LogP contribution in [0.2, 0.25) is 0 Å². The number of methoxy groups -OCH3 is 2. The summed E-state index contributed by atoms with van der Waals surface area (Å²) in [7, 11) is 2.69. The van der Waals surface area contributed by atoms with Gasteiger partial charge in [-0.15, -0.1) is 0 Å². The Hall–Kier alpha value is -3.29. The highest BCUT2D eigenvalue weighted by atomic mass is 79.9. The largest absolute Gasteiger partial charge is 0.495 e. The van der Waals surface area contributed by atoms with Crippen LogP contribution in [-0.2, 0) is 19.1 Å². The molecule has 2 aromatic rings. The Bertz CT molecular complexity index is 1160. The predicted molar refractivity (Wildman–Crippen MR) is 127 cm³/mol. The van der Waals surface area contributed by atoms with Crippen LogP contribution < -0.4 is 15.4 Å². The topological polar surface area (TPSA) is 118 Å². The zero-order valence-electron chi connectivity index (χ0n) is 17.8. The lowest BCUT2D eigenvalue weighted by Gasteiger charge is -2.31. The number of hydrogen-bond donors (Lipinski definition) is 2. The molecule has 3 rings (SSSR count). The Kier molecular flexibility index (Phi) is 8.14. The second-order valence-electron chi connectivity index (χ2n) is 6.91. The van der Waals surface area contributed by atoms with Gasteiger partial charge in [-0.3, -0.25) is 14.4 Å². The second-order valence-corrected chi connectivity index (χ2v) is 8.82. The van der Waals surface area contributed by atoms with Crippen LogP contribution in [0.4, 0.5) is 5.69 Å². The van der Waals surface area contributed by atoms with E-state index in [4.69, 9.17) is 9.47 Å². The van der Waals surface area contributed by atoms with Crippen LogP contribution in [0.1, 0.15) is 11.5 Å². The van der Waals surface area contributed by atoms with Crippen LogP contribution in [0, 0.1) is 17.2 Å². The molecule has 0 bridgehead atoms. The van der Waals surface area contributed by atoms with E-state index in [1.54, 1.807) is 48.5 Å². The fourth-order valence-electron chi connectivity index (χ4n) is 3.45. The number of nitriles is 1. The van der Waals surface area contributed by atoms with Gasteiger partial charge in [-0.2, -0.15) is 5.26 Å². The number of amides is 2. The third kappa shape index (κ3) is 5.56. The van der Waals surface area contributed by atoms with E-state index in [9.17, 15) is 19.6 Å². The SMILES string of the molecule is COC(=O)[C@@H]1C(=O)NC(SCC(=O)Nc2ccccc2OC)=C(C#N)[C@H]1c1cccc(Br)c1. The van der Waals surface area contributed by atoms with Gasteiger partial charge in [-0.25, -0.2) is 0 Å². The van der Waals surface area contributed by atoms with Crippen molar-refractivity contribution >= 4 is 51.2 Å². The zero-order chi connectivity index (χ0) is 24.0. The van der Waals surface area contributed by atoms with Gasteiger partial charge in [-0.1, -0.05) is 52.0 Å². The molecule has 2 N–H and O–H groups in total. The fourth-order valence-corrected chi connectivity index (χ4v) is 4.72. The van der Waals surface area contributed by atoms with E-state index in [2.05, 4.69) is 32.6 Å². The van der Waals surface area contributed by atoms with E-state index >= 15 is 0 Å². The number of rotatable bonds is 7. The minimum absolute atomic E-state index is 0.0765. The minimum Gasteiger partial charge on any atom is -0.495 e. The summed E-state index contributed by atoms with van der Waals surface area (Å²) in [4.78, 5) is 37.8. The van der Waals surface area contributed by atoms with Gasteiger partial charge in [0.15, 0.2) is 0 Å². The molecule has 0 fully saturated rings. The average Bonchev–Trinajstić information content (AvgIpc) is 2.82. The lowest BCUT2D eigenvalue weighted by Crippen LogP contribution is -2.44. The summed E-state index contributed by atoms with van der Waals surface area (Å²) >= 11 is 4.39. The van der Waals surface area contributed by atoms with Crippen molar-refractivity contribution in [3.63, 3.8) is 0 Å². The number of esters is 1. The Morgan fingerprint density at radius 3 is 2.64 bits per heavy atom. The summed E-state index contributed by atoms with van der Waals surface area (Å²) in [5, 5.41) is 15.5. The maximum atomic E-state index is 12.9. The van der Waals surface area contributed by atoms with E-state index in [0.717, 1.165) is 16.2 Å². The third-order valence-electron chi connectivity index (χ3n) is 4.92. The first-order chi connectivity index (χ1) is 15.9. The number of nitrogens with zero attached hydrogens (tertiary/aromatic N) is 1. The number of anilines is 1. The van der Waals surface area contributed by atoms with Gasteiger partial charge in [0, 0.05) is 10.4 Å². The van der Waals surface area contributed by atoms with E-state index in [1.165, 1.54) is 14.2 Å². The van der Waals surface area contributed by atoms with Crippen LogP contribution in [0.15, 0.2) is 63.6 Å². The molecular weight excluding hydrogens is 510 g/mol. The molecule has 0 saturated carbocycles. The molecule has 0 unspecified atom stereocenters. The summed E-state index contributed by atoms with van der Waals surface area (Å²) in [6.45, 7) is 0. The number of ether oxygens (including phenoxy) is 2. The number of carbonyl (C=O) groups excluding carboxylic acids is 3. The van der Waals surface area contributed by atoms with Crippen molar-refractivity contribution in [2.75, 3.05) is 25.3 Å². The molecule has 0 aliphatic carbocycles. The van der Waals surface area contributed by atoms with Crippen molar-refractivity contribution in [3.05, 3.63) is 69.2 Å². The molecule has 10 heteroatoms. The average molecular weight is 530 g/mol. The first-order valence-electron chi connectivity index (χ1n) is 9.73. The maximum Gasteiger partial charge on any atom is 0.319 e. The summed E-state index contributed by atoms with van der Waals surface area (Å²) in [6.07, 6.45) is 0. The summed E-state index contributed by atoms with van der Waals surface area (Å²) < 4.78 is 10.8. The fraction of sp³-hybridized carbons (Fsp3) is 0.217. The Morgan fingerprint density at radius 2 is 1.97 bits per heavy atom. The van der Waals surface area contributed by atoms with E-state index < -0.39 is 23.7 Å². The number of carbonyl (C=O) groups is 3. The molecule has 170 valence electrons. The quantitative estimate of drug-likeness (QED) is 0.415. The highest BCUT2D eigenvalue weighted by Crippen LogP contribution is 2.40. The van der Waals surface area contributed by atoms with Crippen molar-refractivity contribution in [1.82, 2.24) is 5.32 Å². The second kappa shape index (κ2) is 11.0. The molecule has 2 atom stereocenters. The minimum atomic E-state index is -1.23. The molecule has 2 amide bonds. The lowest BCUT2D eigenvalue weighted by molar-refractivity contribution is -0.150. The number of allylic oxidation sites excluding steroid dienone is 1. The summed E-state index contributed by atoms with van der Waals surface area (Å²) in [5.74, 6) is -3.35. The molecule has 1 aliphatic heterocycles. The van der Waals surface area contributed by atoms with Crippen molar-refractivity contribution in [3.8, 4) is 11.8 Å². The molecule has 0 radical (unpaired) electrons. The van der Waals surface area contributed by atoms with Crippen molar-refractivity contribution < 1.29 is 23.9 Å². The lowest BCUT2D eigenvalue weighted by atomic mass is 9.78. The standard InChI is InChI=1S/C23H20BrN3O5S/c1-31-17-9-4-3-8-16(17)26-18(28)12-33-22-15(11-25)19(13-6-5-7-14(24)10-13)20(21(29)27-22)23(30)32-2/h3-10,19-20H,12H2,1-2H3,(H,26,28)(H,27,29)/t19-,20+/m1/s1. The number of hydrogen-bond acceptors (Lipinski definition) is 7. The van der Waals surface area contributed by atoms with Gasteiger partial charge in [-0.05, 0) is 29.8 Å². The predicted octanol–water partition coefficient (Wildman–Crippen LogP) is 3.57. The molecule has 0 aromatic heterocycles. The third-order valence-corrected chi connectivity index (χ3v) is 6.43. The number of benzene rings is 2. The molecule has 2 aromatic carbocycles. The highest BCUT2D eigenvalue weighted by Gasteiger charge is 2.44.